The van der Waals surface area contributed by atoms with Crippen LogP contribution < -0.4 is 5.73 Å². The summed E-state index contributed by atoms with van der Waals surface area (Å²) in [4.78, 5) is 6.59. The van der Waals surface area contributed by atoms with Crippen LogP contribution in [0.25, 0.3) is 0 Å². The normalized spacial score (nSPS) is 22.5. The average Bonchev–Trinajstić information content (AvgIpc) is 2.57. The molecule has 0 aromatic heterocycles. The highest BCUT2D eigenvalue weighted by Crippen LogP contribution is 2.36. The molecule has 1 aliphatic heterocycles. The fourth-order valence-electron chi connectivity index (χ4n) is 3.33. The molecule has 0 fully saturated rings. The Labute approximate surface area is 115 Å². The van der Waals surface area contributed by atoms with Crippen LogP contribution in [-0.4, -0.2) is 23.9 Å². The molecule has 0 saturated heterocycles. The van der Waals surface area contributed by atoms with Crippen molar-refractivity contribution in [2.45, 2.75) is 33.2 Å². The van der Waals surface area contributed by atoms with Crippen LogP contribution in [0.15, 0.2) is 29.8 Å². The third-order valence-corrected chi connectivity index (χ3v) is 3.95. The maximum atomic E-state index is 6.04. The van der Waals surface area contributed by atoms with Crippen LogP contribution in [0.3, 0.4) is 0 Å². The first-order valence-corrected chi connectivity index (χ1v) is 6.67. The molecule has 1 unspecified atom stereocenters. The van der Waals surface area contributed by atoms with E-state index in [1.165, 1.54) is 22.3 Å². The molecule has 0 saturated carbocycles. The van der Waals surface area contributed by atoms with Gasteiger partial charge in [-0.25, -0.2) is 0 Å². The highest BCUT2D eigenvalue weighted by atomic mass is 15.3. The van der Waals surface area contributed by atoms with Crippen LogP contribution in [0.2, 0.25) is 0 Å². The number of hydrogen-bond donors (Lipinski definition) is 1. The Balaban J connectivity index is 2.54. The van der Waals surface area contributed by atoms with Crippen molar-refractivity contribution < 1.29 is 0 Å². The highest BCUT2D eigenvalue weighted by molar-refractivity contribution is 5.81. The maximum Gasteiger partial charge on any atom is 0.192 e. The number of hydrogen-bond acceptors (Lipinski definition) is 3. The lowest BCUT2D eigenvalue weighted by molar-refractivity contribution is 0.243. The first-order chi connectivity index (χ1) is 8.90. The largest absolute Gasteiger partial charge is 0.370 e. The van der Waals surface area contributed by atoms with Gasteiger partial charge in [-0.2, -0.15) is 0 Å². The molecule has 0 aliphatic carbocycles. The zero-order valence-electron chi connectivity index (χ0n) is 12.3. The fourth-order valence-corrected chi connectivity index (χ4v) is 3.33. The van der Waals surface area contributed by atoms with E-state index in [1.54, 1.807) is 0 Å². The molecule has 19 heavy (non-hydrogen) atoms. The van der Waals surface area contributed by atoms with Crippen molar-refractivity contribution in [2.75, 3.05) is 13.1 Å². The Morgan fingerprint density at radius 3 is 2.47 bits per heavy atom. The van der Waals surface area contributed by atoms with Gasteiger partial charge in [0.05, 0.1) is 12.1 Å². The topological polar surface area (TPSA) is 41.6 Å². The van der Waals surface area contributed by atoms with Gasteiger partial charge >= 0.3 is 0 Å². The van der Waals surface area contributed by atoms with E-state index in [9.17, 15) is 0 Å². The molecule has 1 atom stereocenters. The maximum absolute atomic E-state index is 6.04. The van der Waals surface area contributed by atoms with Crippen LogP contribution in [0.1, 0.15) is 29.2 Å². The van der Waals surface area contributed by atoms with Gasteiger partial charge in [0.1, 0.15) is 0 Å². The molecule has 2 rings (SSSR count). The van der Waals surface area contributed by atoms with E-state index in [4.69, 9.17) is 5.73 Å². The predicted octanol–water partition coefficient (Wildman–Crippen LogP) is 2.64. The molecule has 0 spiro atoms. The van der Waals surface area contributed by atoms with Crippen molar-refractivity contribution >= 4 is 5.96 Å². The minimum absolute atomic E-state index is 0.167. The SMILES string of the molecule is C=CCN1C(N)=NCC1(C)c1c(C)cc(C)cc1C. The van der Waals surface area contributed by atoms with Gasteiger partial charge in [0.15, 0.2) is 5.96 Å². The van der Waals surface area contributed by atoms with E-state index in [0.717, 1.165) is 6.54 Å². The second kappa shape index (κ2) is 4.72. The number of benzene rings is 1. The summed E-state index contributed by atoms with van der Waals surface area (Å²) in [5, 5.41) is 0. The van der Waals surface area contributed by atoms with Crippen molar-refractivity contribution in [1.82, 2.24) is 4.90 Å². The van der Waals surface area contributed by atoms with E-state index in [-0.39, 0.29) is 5.54 Å². The van der Waals surface area contributed by atoms with Gasteiger partial charge in [-0.3, -0.25) is 4.99 Å². The Kier molecular flexibility index (Phi) is 3.40. The first-order valence-electron chi connectivity index (χ1n) is 6.67. The Morgan fingerprint density at radius 1 is 1.37 bits per heavy atom. The third-order valence-electron chi connectivity index (χ3n) is 3.95. The molecule has 2 N–H and O–H groups in total. The lowest BCUT2D eigenvalue weighted by Gasteiger charge is -2.38. The molecule has 0 bridgehead atoms. The summed E-state index contributed by atoms with van der Waals surface area (Å²) >= 11 is 0. The van der Waals surface area contributed by atoms with Crippen molar-refractivity contribution in [3.8, 4) is 0 Å². The monoisotopic (exact) mass is 257 g/mol. The second-order valence-corrected chi connectivity index (χ2v) is 5.62. The molecule has 3 heteroatoms. The minimum Gasteiger partial charge on any atom is -0.370 e. The summed E-state index contributed by atoms with van der Waals surface area (Å²) in [6.45, 7) is 13.9. The summed E-state index contributed by atoms with van der Waals surface area (Å²) in [6.07, 6.45) is 1.88. The number of aryl methyl sites for hydroxylation is 3. The summed E-state index contributed by atoms with van der Waals surface area (Å²) in [5.74, 6) is 0.613. The van der Waals surface area contributed by atoms with Gasteiger partial charge in [-0.15, -0.1) is 6.58 Å². The predicted molar refractivity (Wildman–Crippen MR) is 81.4 cm³/mol. The summed E-state index contributed by atoms with van der Waals surface area (Å²) in [6, 6.07) is 4.46. The van der Waals surface area contributed by atoms with E-state index < -0.39 is 0 Å². The van der Waals surface area contributed by atoms with Crippen LogP contribution >= 0.6 is 0 Å². The number of nitrogens with zero attached hydrogens (tertiary/aromatic N) is 2. The molecule has 1 aromatic rings. The zero-order valence-corrected chi connectivity index (χ0v) is 12.3. The number of aliphatic imine (C=N–C) groups is 1. The number of guanidine groups is 1. The Hall–Kier alpha value is -1.77. The van der Waals surface area contributed by atoms with Crippen LogP contribution in [0, 0.1) is 20.8 Å². The van der Waals surface area contributed by atoms with Gasteiger partial charge in [-0.05, 0) is 44.4 Å². The van der Waals surface area contributed by atoms with Gasteiger partial charge in [0, 0.05) is 6.54 Å². The number of nitrogens with two attached hydrogens (primary N) is 1. The fraction of sp³-hybridized carbons (Fsp3) is 0.438. The lowest BCUT2D eigenvalue weighted by atomic mass is 9.83. The standard InChI is InChI=1S/C16H23N3/c1-6-7-19-15(17)18-10-16(19,5)14-12(3)8-11(2)9-13(14)4/h6,8-9H,1,7,10H2,2-5H3,(H2,17,18). The molecule has 0 amide bonds. The minimum atomic E-state index is -0.167. The van der Waals surface area contributed by atoms with Crippen molar-refractivity contribution in [3.05, 3.63) is 47.0 Å². The van der Waals surface area contributed by atoms with Crippen molar-refractivity contribution in [1.29, 1.82) is 0 Å². The summed E-state index contributed by atoms with van der Waals surface area (Å²) in [7, 11) is 0. The van der Waals surface area contributed by atoms with E-state index in [1.807, 2.05) is 6.08 Å². The van der Waals surface area contributed by atoms with Crippen LogP contribution in [-0.2, 0) is 5.54 Å². The molecule has 1 heterocycles. The first kappa shape index (κ1) is 13.7. The van der Waals surface area contributed by atoms with E-state index in [2.05, 4.69) is 56.3 Å². The highest BCUT2D eigenvalue weighted by Gasteiger charge is 2.40. The second-order valence-electron chi connectivity index (χ2n) is 5.62. The molecular weight excluding hydrogens is 234 g/mol. The zero-order chi connectivity index (χ0) is 14.2. The van der Waals surface area contributed by atoms with Crippen LogP contribution in [0.5, 0.6) is 0 Å². The molecule has 1 aromatic carbocycles. The van der Waals surface area contributed by atoms with Gasteiger partial charge in [-0.1, -0.05) is 23.8 Å². The molecular formula is C16H23N3. The quantitative estimate of drug-likeness (QED) is 0.846. The third kappa shape index (κ3) is 2.14. The van der Waals surface area contributed by atoms with E-state index in [0.29, 0.717) is 12.5 Å². The molecule has 3 nitrogen and oxygen atoms in total. The average molecular weight is 257 g/mol. The molecule has 102 valence electrons. The lowest BCUT2D eigenvalue weighted by Crippen LogP contribution is -2.48. The summed E-state index contributed by atoms with van der Waals surface area (Å²) in [5.41, 5.74) is 11.1. The van der Waals surface area contributed by atoms with Gasteiger partial charge < -0.3 is 10.6 Å². The van der Waals surface area contributed by atoms with Crippen molar-refractivity contribution in [3.63, 3.8) is 0 Å². The van der Waals surface area contributed by atoms with E-state index >= 15 is 0 Å². The van der Waals surface area contributed by atoms with Crippen LogP contribution in [0.4, 0.5) is 0 Å². The smallest absolute Gasteiger partial charge is 0.192 e. The van der Waals surface area contributed by atoms with Crippen molar-refractivity contribution in [2.24, 2.45) is 10.7 Å². The Morgan fingerprint density at radius 2 is 1.95 bits per heavy atom. The Bertz CT molecular complexity index is 522. The van der Waals surface area contributed by atoms with Gasteiger partial charge in [0.2, 0.25) is 0 Å². The number of rotatable bonds is 3. The molecule has 0 radical (unpaired) electrons. The summed E-state index contributed by atoms with van der Waals surface area (Å²) < 4.78 is 0. The van der Waals surface area contributed by atoms with Gasteiger partial charge in [0.25, 0.3) is 0 Å². The molecule has 1 aliphatic rings.